The molecule has 4 heteroatoms. The number of rotatable bonds is 3. The van der Waals surface area contributed by atoms with E-state index < -0.39 is 0 Å². The van der Waals surface area contributed by atoms with E-state index in [0.29, 0.717) is 5.88 Å². The first-order valence-electron chi connectivity index (χ1n) is 5.33. The molecule has 90 valence electrons. The Morgan fingerprint density at radius 2 is 2.12 bits per heavy atom. The largest absolute Gasteiger partial charge is 0.496 e. The topological polar surface area (TPSA) is 22.1 Å². The molecular weight excluding hydrogens is 254 g/mol. The van der Waals surface area contributed by atoms with Crippen LogP contribution >= 0.6 is 22.9 Å². The number of thiazole rings is 1. The van der Waals surface area contributed by atoms with Gasteiger partial charge >= 0.3 is 0 Å². The van der Waals surface area contributed by atoms with Crippen LogP contribution in [0.3, 0.4) is 0 Å². The van der Waals surface area contributed by atoms with E-state index in [1.54, 1.807) is 18.4 Å². The smallest absolute Gasteiger partial charge is 0.121 e. The minimum atomic E-state index is 0.506. The summed E-state index contributed by atoms with van der Waals surface area (Å²) >= 11 is 7.59. The van der Waals surface area contributed by atoms with Crippen LogP contribution in [0.4, 0.5) is 0 Å². The van der Waals surface area contributed by atoms with Crippen molar-refractivity contribution >= 4 is 22.9 Å². The Balaban J connectivity index is 2.49. The van der Waals surface area contributed by atoms with Crippen molar-refractivity contribution in [2.45, 2.75) is 19.7 Å². The average Bonchev–Trinajstić information content (AvgIpc) is 2.70. The van der Waals surface area contributed by atoms with Gasteiger partial charge in [0.2, 0.25) is 0 Å². The van der Waals surface area contributed by atoms with Crippen molar-refractivity contribution in [1.29, 1.82) is 0 Å². The van der Waals surface area contributed by atoms with Crippen molar-refractivity contribution in [2.75, 3.05) is 7.11 Å². The van der Waals surface area contributed by atoms with Crippen molar-refractivity contribution in [3.05, 3.63) is 33.6 Å². The third kappa shape index (κ3) is 2.45. The van der Waals surface area contributed by atoms with Crippen LogP contribution in [0.5, 0.6) is 5.75 Å². The van der Waals surface area contributed by atoms with E-state index >= 15 is 0 Å². The first-order chi connectivity index (χ1) is 8.15. The number of halogens is 1. The second-order valence-electron chi connectivity index (χ2n) is 3.82. The summed E-state index contributed by atoms with van der Waals surface area (Å²) < 4.78 is 5.25. The molecule has 2 nitrogen and oxygen atoms in total. The van der Waals surface area contributed by atoms with Gasteiger partial charge in [0.15, 0.2) is 0 Å². The van der Waals surface area contributed by atoms with E-state index in [1.165, 1.54) is 0 Å². The third-order valence-electron chi connectivity index (χ3n) is 2.59. The fourth-order valence-electron chi connectivity index (χ4n) is 1.81. The van der Waals surface area contributed by atoms with E-state index in [2.05, 4.69) is 11.1 Å². The lowest BCUT2D eigenvalue weighted by atomic mass is 10.1. The van der Waals surface area contributed by atoms with Crippen LogP contribution in [-0.4, -0.2) is 12.1 Å². The molecule has 0 unspecified atom stereocenters. The summed E-state index contributed by atoms with van der Waals surface area (Å²) in [7, 11) is 1.68. The van der Waals surface area contributed by atoms with Crippen molar-refractivity contribution in [1.82, 2.24) is 4.98 Å². The molecule has 0 amide bonds. The zero-order valence-corrected chi connectivity index (χ0v) is 11.7. The predicted octanol–water partition coefficient (Wildman–Crippen LogP) is 4.17. The molecule has 2 rings (SSSR count). The first kappa shape index (κ1) is 12.4. The summed E-state index contributed by atoms with van der Waals surface area (Å²) in [6.07, 6.45) is 0. The monoisotopic (exact) mass is 267 g/mol. The Labute approximate surface area is 110 Å². The minimum absolute atomic E-state index is 0.506. The number of nitrogens with zero attached hydrogens (tertiary/aromatic N) is 1. The fourth-order valence-corrected chi connectivity index (χ4v) is 2.91. The van der Waals surface area contributed by atoms with Gasteiger partial charge in [-0.1, -0.05) is 0 Å². The van der Waals surface area contributed by atoms with Crippen molar-refractivity contribution in [3.8, 4) is 17.0 Å². The van der Waals surface area contributed by atoms with Gasteiger partial charge in [-0.05, 0) is 37.6 Å². The summed E-state index contributed by atoms with van der Waals surface area (Å²) in [6.45, 7) is 4.03. The first-order valence-corrected chi connectivity index (χ1v) is 6.68. The maximum atomic E-state index is 5.94. The zero-order valence-electron chi connectivity index (χ0n) is 10.1. The number of ether oxygens (including phenoxy) is 1. The van der Waals surface area contributed by atoms with Crippen LogP contribution in [-0.2, 0) is 5.88 Å². The molecule has 17 heavy (non-hydrogen) atoms. The number of aromatic nitrogens is 1. The molecule has 0 aliphatic rings. The number of hydrogen-bond acceptors (Lipinski definition) is 3. The van der Waals surface area contributed by atoms with Gasteiger partial charge in [-0.15, -0.1) is 22.9 Å². The number of hydrogen-bond donors (Lipinski definition) is 0. The molecule has 0 aliphatic heterocycles. The molecule has 0 fully saturated rings. The highest BCUT2D eigenvalue weighted by atomic mass is 35.5. The van der Waals surface area contributed by atoms with Crippen LogP contribution < -0.4 is 4.74 Å². The van der Waals surface area contributed by atoms with Gasteiger partial charge in [0.05, 0.1) is 23.7 Å². The Morgan fingerprint density at radius 1 is 1.35 bits per heavy atom. The molecule has 1 aromatic heterocycles. The van der Waals surface area contributed by atoms with Gasteiger partial charge in [-0.3, -0.25) is 0 Å². The van der Waals surface area contributed by atoms with E-state index in [-0.39, 0.29) is 0 Å². The molecule has 0 saturated carbocycles. The highest BCUT2D eigenvalue weighted by molar-refractivity contribution is 7.12. The molecule has 0 bridgehead atoms. The van der Waals surface area contributed by atoms with Crippen molar-refractivity contribution in [2.24, 2.45) is 0 Å². The predicted molar refractivity (Wildman–Crippen MR) is 73.1 cm³/mol. The molecule has 1 aromatic carbocycles. The quantitative estimate of drug-likeness (QED) is 0.779. The lowest BCUT2D eigenvalue weighted by Crippen LogP contribution is -1.89. The summed E-state index contributed by atoms with van der Waals surface area (Å²) in [6, 6.07) is 6.08. The Hall–Kier alpha value is -1.06. The average molecular weight is 268 g/mol. The summed E-state index contributed by atoms with van der Waals surface area (Å²) in [4.78, 5) is 5.66. The molecule has 0 atom stereocenters. The molecule has 2 aromatic rings. The van der Waals surface area contributed by atoms with Gasteiger partial charge in [0.25, 0.3) is 0 Å². The Kier molecular flexibility index (Phi) is 3.69. The number of alkyl halides is 1. The number of aryl methyl sites for hydroxylation is 2. The second-order valence-corrected chi connectivity index (χ2v) is 5.38. The van der Waals surface area contributed by atoms with Crippen LogP contribution in [0.1, 0.15) is 15.4 Å². The van der Waals surface area contributed by atoms with Gasteiger partial charge in [0, 0.05) is 10.4 Å². The van der Waals surface area contributed by atoms with Gasteiger partial charge < -0.3 is 4.74 Å². The molecule has 0 saturated heterocycles. The second kappa shape index (κ2) is 5.07. The molecular formula is C13H14ClNOS. The Bertz CT molecular complexity index is 536. The highest BCUT2D eigenvalue weighted by Crippen LogP contribution is 2.31. The molecule has 0 spiro atoms. The van der Waals surface area contributed by atoms with E-state index in [9.17, 15) is 0 Å². The van der Waals surface area contributed by atoms with Gasteiger partial charge in [-0.25, -0.2) is 4.98 Å². The van der Waals surface area contributed by atoms with Crippen molar-refractivity contribution < 1.29 is 4.74 Å². The molecule has 0 N–H and O–H groups in total. The maximum Gasteiger partial charge on any atom is 0.121 e. The van der Waals surface area contributed by atoms with Crippen LogP contribution in [0.2, 0.25) is 0 Å². The van der Waals surface area contributed by atoms with E-state index in [1.807, 2.05) is 26.0 Å². The van der Waals surface area contributed by atoms with Crippen LogP contribution in [0, 0.1) is 13.8 Å². The van der Waals surface area contributed by atoms with E-state index in [4.69, 9.17) is 16.3 Å². The highest BCUT2D eigenvalue weighted by Gasteiger charge is 2.11. The molecule has 1 heterocycles. The molecule has 0 radical (unpaired) electrons. The fraction of sp³-hybridized carbons (Fsp3) is 0.308. The third-order valence-corrected chi connectivity index (χ3v) is 3.99. The maximum absolute atomic E-state index is 5.94. The lowest BCUT2D eigenvalue weighted by molar-refractivity contribution is 0.412. The Morgan fingerprint density at radius 3 is 2.71 bits per heavy atom. The van der Waals surface area contributed by atoms with Crippen molar-refractivity contribution in [3.63, 3.8) is 0 Å². The normalized spacial score (nSPS) is 10.6. The lowest BCUT2D eigenvalue weighted by Gasteiger charge is -2.06. The van der Waals surface area contributed by atoms with E-state index in [0.717, 1.165) is 32.5 Å². The van der Waals surface area contributed by atoms with Gasteiger partial charge in [0.1, 0.15) is 5.75 Å². The summed E-state index contributed by atoms with van der Waals surface area (Å²) in [5.41, 5.74) is 3.20. The van der Waals surface area contributed by atoms with Gasteiger partial charge in [-0.2, -0.15) is 0 Å². The van der Waals surface area contributed by atoms with Crippen LogP contribution in [0.25, 0.3) is 11.3 Å². The van der Waals surface area contributed by atoms with Crippen LogP contribution in [0.15, 0.2) is 18.2 Å². The number of benzene rings is 1. The standard InChI is InChI=1S/C13H14ClNOS/c1-8-6-10(4-5-11(8)16-3)13-12(7-14)17-9(2)15-13/h4-6H,7H2,1-3H3. The number of methoxy groups -OCH3 is 1. The zero-order chi connectivity index (χ0) is 12.4. The summed E-state index contributed by atoms with van der Waals surface area (Å²) in [5.74, 6) is 1.40. The minimum Gasteiger partial charge on any atom is -0.496 e. The molecule has 0 aliphatic carbocycles. The summed E-state index contributed by atoms with van der Waals surface area (Å²) in [5, 5.41) is 1.05. The SMILES string of the molecule is COc1ccc(-c2nc(C)sc2CCl)cc1C.